The summed E-state index contributed by atoms with van der Waals surface area (Å²) in [6.45, 7) is 0.698. The van der Waals surface area contributed by atoms with Crippen molar-refractivity contribution >= 4 is 17.8 Å². The second-order valence-electron chi connectivity index (χ2n) is 6.05. The van der Waals surface area contributed by atoms with E-state index in [-0.39, 0.29) is 11.7 Å². The van der Waals surface area contributed by atoms with E-state index in [1.807, 2.05) is 25.2 Å². The molecule has 5 heteroatoms. The van der Waals surface area contributed by atoms with Gasteiger partial charge in [0.1, 0.15) is 17.3 Å². The van der Waals surface area contributed by atoms with Crippen LogP contribution in [0.1, 0.15) is 24.8 Å². The highest BCUT2D eigenvalue weighted by Gasteiger charge is 2.33. The first-order valence-corrected chi connectivity index (χ1v) is 7.80. The zero-order valence-electron chi connectivity index (χ0n) is 13.4. The molecule has 2 aliphatic rings. The molecule has 0 bridgehead atoms. The minimum absolute atomic E-state index is 0.0733. The Hall–Kier alpha value is -2.43. The van der Waals surface area contributed by atoms with Crippen LogP contribution in [0, 0.1) is 5.82 Å². The molecule has 0 spiro atoms. The van der Waals surface area contributed by atoms with E-state index in [0.29, 0.717) is 12.2 Å². The van der Waals surface area contributed by atoms with Gasteiger partial charge in [0.25, 0.3) is 5.91 Å². The minimum Gasteiger partial charge on any atom is -0.383 e. The third kappa shape index (κ3) is 3.33. The molecule has 1 amide bonds. The van der Waals surface area contributed by atoms with Crippen molar-refractivity contribution in [3.63, 3.8) is 0 Å². The van der Waals surface area contributed by atoms with Crippen molar-refractivity contribution in [1.29, 1.82) is 0 Å². The number of amidine groups is 1. The SMILES string of the molecule is CN(C)C=C1CCCCN2C(=O)/C(=C/c3ccc(F)cc3)N=C12. The van der Waals surface area contributed by atoms with Gasteiger partial charge in [0.05, 0.1) is 0 Å². The van der Waals surface area contributed by atoms with E-state index in [2.05, 4.69) is 4.99 Å². The molecule has 1 aromatic carbocycles. The number of carbonyl (C=O) groups excluding carboxylic acids is 1. The molecule has 0 aromatic heterocycles. The van der Waals surface area contributed by atoms with Crippen molar-refractivity contribution in [1.82, 2.24) is 9.80 Å². The molecule has 120 valence electrons. The first-order chi connectivity index (χ1) is 11.0. The molecule has 0 atom stereocenters. The zero-order valence-corrected chi connectivity index (χ0v) is 13.4. The van der Waals surface area contributed by atoms with Crippen LogP contribution >= 0.6 is 0 Å². The van der Waals surface area contributed by atoms with Gasteiger partial charge < -0.3 is 4.90 Å². The Morgan fingerprint density at radius 3 is 2.65 bits per heavy atom. The van der Waals surface area contributed by atoms with E-state index < -0.39 is 0 Å². The van der Waals surface area contributed by atoms with Gasteiger partial charge in [0.15, 0.2) is 0 Å². The fourth-order valence-electron chi connectivity index (χ4n) is 2.85. The number of benzene rings is 1. The highest BCUT2D eigenvalue weighted by Crippen LogP contribution is 2.27. The van der Waals surface area contributed by atoms with Gasteiger partial charge in [-0.3, -0.25) is 9.69 Å². The molecule has 2 heterocycles. The molecule has 1 fully saturated rings. The molecule has 0 aliphatic carbocycles. The molecule has 0 saturated carbocycles. The lowest BCUT2D eigenvalue weighted by molar-refractivity contribution is -0.122. The number of carbonyl (C=O) groups is 1. The zero-order chi connectivity index (χ0) is 16.4. The molecule has 1 aromatic rings. The number of aliphatic imine (C=N–C) groups is 1. The van der Waals surface area contributed by atoms with Crippen LogP contribution in [0.15, 0.2) is 46.7 Å². The van der Waals surface area contributed by atoms with E-state index in [4.69, 9.17) is 0 Å². The summed E-state index contributed by atoms with van der Waals surface area (Å²) in [4.78, 5) is 20.9. The Labute approximate surface area is 135 Å². The van der Waals surface area contributed by atoms with Crippen LogP contribution in [0.3, 0.4) is 0 Å². The fraction of sp³-hybridized carbons (Fsp3) is 0.333. The predicted octanol–water partition coefficient (Wildman–Crippen LogP) is 3.04. The molecule has 4 nitrogen and oxygen atoms in total. The van der Waals surface area contributed by atoms with E-state index in [9.17, 15) is 9.18 Å². The highest BCUT2D eigenvalue weighted by atomic mass is 19.1. The molecule has 1 saturated heterocycles. The van der Waals surface area contributed by atoms with Crippen LogP contribution in [0.4, 0.5) is 4.39 Å². The number of fused-ring (bicyclic) bond motifs is 1. The summed E-state index contributed by atoms with van der Waals surface area (Å²) in [6, 6.07) is 6.06. The molecule has 0 N–H and O–H groups in total. The standard InChI is InChI=1S/C18H20FN3O/c1-21(2)12-14-5-3-4-10-22-17(14)20-16(18(22)23)11-13-6-8-15(19)9-7-13/h6-9,11-12H,3-5,10H2,1-2H3/b14-12?,16-11-. The summed E-state index contributed by atoms with van der Waals surface area (Å²) in [5.74, 6) is 0.395. The summed E-state index contributed by atoms with van der Waals surface area (Å²) in [7, 11) is 3.93. The van der Waals surface area contributed by atoms with Gasteiger partial charge in [-0.2, -0.15) is 0 Å². The molecular formula is C18H20FN3O. The van der Waals surface area contributed by atoms with Crippen LogP contribution in [-0.4, -0.2) is 42.2 Å². The summed E-state index contributed by atoms with van der Waals surface area (Å²) in [5, 5.41) is 0. The number of nitrogens with zero attached hydrogens (tertiary/aromatic N) is 3. The number of hydrogen-bond acceptors (Lipinski definition) is 3. The predicted molar refractivity (Wildman–Crippen MR) is 89.1 cm³/mol. The smallest absolute Gasteiger partial charge is 0.278 e. The maximum atomic E-state index is 13.0. The maximum Gasteiger partial charge on any atom is 0.278 e. The Kier molecular flexibility index (Phi) is 4.28. The molecular weight excluding hydrogens is 293 g/mol. The number of hydrogen-bond donors (Lipinski definition) is 0. The normalized spacial score (nSPS) is 21.4. The van der Waals surface area contributed by atoms with Gasteiger partial charge in [-0.25, -0.2) is 9.38 Å². The number of amides is 1. The van der Waals surface area contributed by atoms with Crippen molar-refractivity contribution in [2.75, 3.05) is 20.6 Å². The second kappa shape index (κ2) is 6.36. The largest absolute Gasteiger partial charge is 0.383 e. The Morgan fingerprint density at radius 2 is 1.96 bits per heavy atom. The molecule has 0 radical (unpaired) electrons. The van der Waals surface area contributed by atoms with Gasteiger partial charge >= 0.3 is 0 Å². The third-order valence-electron chi connectivity index (χ3n) is 3.90. The average Bonchev–Trinajstić information content (AvgIpc) is 2.68. The third-order valence-corrected chi connectivity index (χ3v) is 3.90. The van der Waals surface area contributed by atoms with Crippen molar-refractivity contribution in [3.05, 3.63) is 53.1 Å². The average molecular weight is 313 g/mol. The lowest BCUT2D eigenvalue weighted by Gasteiger charge is -2.17. The molecule has 3 rings (SSSR count). The quantitative estimate of drug-likeness (QED) is 0.787. The van der Waals surface area contributed by atoms with E-state index >= 15 is 0 Å². The topological polar surface area (TPSA) is 35.9 Å². The maximum absolute atomic E-state index is 13.0. The molecule has 0 unspecified atom stereocenters. The van der Waals surface area contributed by atoms with Crippen molar-refractivity contribution in [3.8, 4) is 0 Å². The Morgan fingerprint density at radius 1 is 1.22 bits per heavy atom. The van der Waals surface area contributed by atoms with Crippen molar-refractivity contribution in [2.45, 2.75) is 19.3 Å². The van der Waals surface area contributed by atoms with Crippen molar-refractivity contribution < 1.29 is 9.18 Å². The second-order valence-corrected chi connectivity index (χ2v) is 6.05. The fourth-order valence-corrected chi connectivity index (χ4v) is 2.85. The van der Waals surface area contributed by atoms with E-state index in [0.717, 1.165) is 36.2 Å². The van der Waals surface area contributed by atoms with Crippen LogP contribution in [0.2, 0.25) is 0 Å². The number of halogens is 1. The van der Waals surface area contributed by atoms with Crippen molar-refractivity contribution in [2.24, 2.45) is 4.99 Å². The summed E-state index contributed by atoms with van der Waals surface area (Å²) < 4.78 is 13.0. The lowest BCUT2D eigenvalue weighted by Crippen LogP contribution is -2.32. The van der Waals surface area contributed by atoms with Crippen LogP contribution in [0.25, 0.3) is 6.08 Å². The van der Waals surface area contributed by atoms with E-state index in [1.54, 1.807) is 23.1 Å². The Balaban J connectivity index is 1.98. The Bertz CT molecular complexity index is 701. The van der Waals surface area contributed by atoms with Gasteiger partial charge in [0, 0.05) is 32.4 Å². The van der Waals surface area contributed by atoms with Crippen LogP contribution in [-0.2, 0) is 4.79 Å². The minimum atomic E-state index is -0.290. The molecule has 2 aliphatic heterocycles. The van der Waals surface area contributed by atoms with Gasteiger partial charge in [-0.15, -0.1) is 0 Å². The van der Waals surface area contributed by atoms with Crippen LogP contribution < -0.4 is 0 Å². The van der Waals surface area contributed by atoms with Crippen LogP contribution in [0.5, 0.6) is 0 Å². The van der Waals surface area contributed by atoms with Gasteiger partial charge in [-0.05, 0) is 43.0 Å². The number of rotatable bonds is 2. The summed E-state index contributed by atoms with van der Waals surface area (Å²) in [6.07, 6.45) is 6.70. The highest BCUT2D eigenvalue weighted by molar-refractivity contribution is 6.19. The van der Waals surface area contributed by atoms with E-state index in [1.165, 1.54) is 12.1 Å². The lowest BCUT2D eigenvalue weighted by atomic mass is 10.1. The first-order valence-electron chi connectivity index (χ1n) is 7.80. The molecule has 23 heavy (non-hydrogen) atoms. The first kappa shape index (κ1) is 15.5. The van der Waals surface area contributed by atoms with Gasteiger partial charge in [0.2, 0.25) is 0 Å². The van der Waals surface area contributed by atoms with Gasteiger partial charge in [-0.1, -0.05) is 12.1 Å². The monoisotopic (exact) mass is 313 g/mol. The summed E-state index contributed by atoms with van der Waals surface area (Å²) >= 11 is 0. The summed E-state index contributed by atoms with van der Waals surface area (Å²) in [5.41, 5.74) is 2.27.